The van der Waals surface area contributed by atoms with Crippen LogP contribution in [0.1, 0.15) is 0 Å². The first-order valence-corrected chi connectivity index (χ1v) is 3.76. The standard InChI is InChI=1S/C7H5NOS.BrH/c9-7-8-5-3-1-2-4-6(5)10-7;/h1-4H,(H,8,9);1H. The maximum Gasteiger partial charge on any atom is 0.305 e. The monoisotopic (exact) mass is 231 g/mol. The Morgan fingerprint density at radius 3 is 2.73 bits per heavy atom. The van der Waals surface area contributed by atoms with Gasteiger partial charge in [-0.25, -0.2) is 0 Å². The SMILES string of the molecule is Br.O=c1[nH]c2ccccc2s1. The van der Waals surface area contributed by atoms with Crippen molar-refractivity contribution in [2.75, 3.05) is 0 Å². The molecule has 2 aromatic rings. The zero-order valence-electron chi connectivity index (χ0n) is 5.53. The molecule has 0 amide bonds. The normalized spacial score (nSPS) is 9.45. The van der Waals surface area contributed by atoms with Gasteiger partial charge in [-0.3, -0.25) is 4.79 Å². The molecule has 0 aliphatic carbocycles. The van der Waals surface area contributed by atoms with Gasteiger partial charge in [0, 0.05) is 0 Å². The van der Waals surface area contributed by atoms with Crippen molar-refractivity contribution in [3.63, 3.8) is 0 Å². The molecule has 0 radical (unpaired) electrons. The van der Waals surface area contributed by atoms with Gasteiger partial charge in [0.1, 0.15) is 0 Å². The van der Waals surface area contributed by atoms with Crippen molar-refractivity contribution in [2.24, 2.45) is 0 Å². The number of hydrogen-bond acceptors (Lipinski definition) is 2. The summed E-state index contributed by atoms with van der Waals surface area (Å²) in [6, 6.07) is 7.65. The molecular formula is C7H6BrNOS. The summed E-state index contributed by atoms with van der Waals surface area (Å²) in [4.78, 5) is 13.5. The van der Waals surface area contributed by atoms with Crippen LogP contribution in [0.15, 0.2) is 29.1 Å². The van der Waals surface area contributed by atoms with Gasteiger partial charge in [-0.2, -0.15) is 0 Å². The molecule has 58 valence electrons. The summed E-state index contributed by atoms with van der Waals surface area (Å²) in [5.41, 5.74) is 0.928. The summed E-state index contributed by atoms with van der Waals surface area (Å²) in [6.45, 7) is 0. The van der Waals surface area contributed by atoms with Gasteiger partial charge in [0.15, 0.2) is 0 Å². The van der Waals surface area contributed by atoms with Gasteiger partial charge in [0.25, 0.3) is 0 Å². The molecule has 0 fully saturated rings. The number of aromatic nitrogens is 1. The van der Waals surface area contributed by atoms with Crippen LogP contribution in [-0.2, 0) is 0 Å². The lowest BCUT2D eigenvalue weighted by Gasteiger charge is -1.81. The fourth-order valence-corrected chi connectivity index (χ4v) is 1.63. The lowest BCUT2D eigenvalue weighted by atomic mass is 10.3. The molecule has 1 heterocycles. The molecule has 1 aromatic heterocycles. The van der Waals surface area contributed by atoms with E-state index in [0.717, 1.165) is 10.2 Å². The van der Waals surface area contributed by atoms with Gasteiger partial charge >= 0.3 is 4.87 Å². The fraction of sp³-hybridized carbons (Fsp3) is 0. The summed E-state index contributed by atoms with van der Waals surface area (Å²) in [6.07, 6.45) is 0. The number of H-pyrrole nitrogens is 1. The van der Waals surface area contributed by atoms with E-state index in [4.69, 9.17) is 0 Å². The van der Waals surface area contributed by atoms with E-state index in [-0.39, 0.29) is 21.9 Å². The van der Waals surface area contributed by atoms with Crippen molar-refractivity contribution in [3.05, 3.63) is 33.9 Å². The summed E-state index contributed by atoms with van der Waals surface area (Å²) in [7, 11) is 0. The highest BCUT2D eigenvalue weighted by molar-refractivity contribution is 8.93. The second kappa shape index (κ2) is 3.19. The van der Waals surface area contributed by atoms with Crippen LogP contribution in [0.4, 0.5) is 0 Å². The Hall–Kier alpha value is -0.610. The molecule has 1 N–H and O–H groups in total. The zero-order valence-corrected chi connectivity index (χ0v) is 8.06. The molecule has 0 aliphatic heterocycles. The highest BCUT2D eigenvalue weighted by atomic mass is 79.9. The number of aromatic amines is 1. The second-order valence-corrected chi connectivity index (χ2v) is 3.03. The van der Waals surface area contributed by atoms with E-state index in [2.05, 4.69) is 4.98 Å². The van der Waals surface area contributed by atoms with E-state index in [1.807, 2.05) is 24.3 Å². The van der Waals surface area contributed by atoms with Gasteiger partial charge < -0.3 is 4.98 Å². The van der Waals surface area contributed by atoms with Gasteiger partial charge in [-0.1, -0.05) is 23.5 Å². The third-order valence-corrected chi connectivity index (χ3v) is 2.19. The zero-order chi connectivity index (χ0) is 6.97. The largest absolute Gasteiger partial charge is 0.312 e. The number of benzene rings is 1. The second-order valence-electron chi connectivity index (χ2n) is 2.01. The van der Waals surface area contributed by atoms with Crippen LogP contribution in [0, 0.1) is 0 Å². The van der Waals surface area contributed by atoms with Crippen molar-refractivity contribution < 1.29 is 0 Å². The fourth-order valence-electron chi connectivity index (χ4n) is 0.894. The predicted molar refractivity (Wildman–Crippen MR) is 52.8 cm³/mol. The molecule has 0 bridgehead atoms. The summed E-state index contributed by atoms with van der Waals surface area (Å²) < 4.78 is 1.02. The number of para-hydroxylation sites is 1. The highest BCUT2D eigenvalue weighted by Crippen LogP contribution is 2.11. The number of halogens is 1. The van der Waals surface area contributed by atoms with E-state index >= 15 is 0 Å². The molecule has 0 saturated carbocycles. The Morgan fingerprint density at radius 1 is 1.27 bits per heavy atom. The first-order valence-electron chi connectivity index (χ1n) is 2.94. The van der Waals surface area contributed by atoms with Crippen molar-refractivity contribution in [1.82, 2.24) is 4.98 Å². The molecule has 2 nitrogen and oxygen atoms in total. The molecule has 1 aromatic carbocycles. The van der Waals surface area contributed by atoms with Crippen molar-refractivity contribution in [3.8, 4) is 0 Å². The molecule has 0 saturated heterocycles. The Bertz CT molecular complexity index is 370. The average molecular weight is 232 g/mol. The third-order valence-electron chi connectivity index (χ3n) is 1.33. The molecule has 0 atom stereocenters. The summed E-state index contributed by atoms with van der Waals surface area (Å²) >= 11 is 1.24. The molecule has 2 rings (SSSR count). The summed E-state index contributed by atoms with van der Waals surface area (Å²) in [5.74, 6) is 0. The quantitative estimate of drug-likeness (QED) is 0.741. The highest BCUT2D eigenvalue weighted by Gasteiger charge is 1.93. The lowest BCUT2D eigenvalue weighted by molar-refractivity contribution is 1.41. The third kappa shape index (κ3) is 1.52. The van der Waals surface area contributed by atoms with Gasteiger partial charge in [0.2, 0.25) is 0 Å². The molecule has 0 aliphatic rings. The van der Waals surface area contributed by atoms with E-state index < -0.39 is 0 Å². The van der Waals surface area contributed by atoms with Gasteiger partial charge in [-0.05, 0) is 12.1 Å². The minimum Gasteiger partial charge on any atom is -0.312 e. The molecule has 11 heavy (non-hydrogen) atoms. The van der Waals surface area contributed by atoms with Crippen molar-refractivity contribution in [1.29, 1.82) is 0 Å². The van der Waals surface area contributed by atoms with E-state index in [0.29, 0.717) is 0 Å². The Kier molecular flexibility index (Phi) is 2.46. The van der Waals surface area contributed by atoms with Gasteiger partial charge in [0.05, 0.1) is 10.2 Å². The van der Waals surface area contributed by atoms with E-state index in [1.54, 1.807) is 0 Å². The lowest BCUT2D eigenvalue weighted by Crippen LogP contribution is -1.89. The first kappa shape index (κ1) is 8.49. The minimum atomic E-state index is 0. The van der Waals surface area contributed by atoms with Crippen LogP contribution in [0.5, 0.6) is 0 Å². The average Bonchev–Trinajstić information content (AvgIpc) is 2.27. The molecule has 0 unspecified atom stereocenters. The summed E-state index contributed by atoms with van der Waals surface area (Å²) in [5, 5.41) is 0. The van der Waals surface area contributed by atoms with Crippen LogP contribution in [0.3, 0.4) is 0 Å². The van der Waals surface area contributed by atoms with Crippen LogP contribution in [0.2, 0.25) is 0 Å². The number of rotatable bonds is 0. The van der Waals surface area contributed by atoms with Crippen LogP contribution in [-0.4, -0.2) is 4.98 Å². The van der Waals surface area contributed by atoms with Crippen LogP contribution >= 0.6 is 28.3 Å². The van der Waals surface area contributed by atoms with Gasteiger partial charge in [-0.15, -0.1) is 17.0 Å². The number of nitrogens with one attached hydrogen (secondary N) is 1. The van der Waals surface area contributed by atoms with Crippen molar-refractivity contribution >= 4 is 38.5 Å². The predicted octanol–water partition coefficient (Wildman–Crippen LogP) is 2.17. The number of hydrogen-bond donors (Lipinski definition) is 1. The Balaban J connectivity index is 0.000000605. The minimum absolute atomic E-state index is 0. The Morgan fingerprint density at radius 2 is 2.00 bits per heavy atom. The molecule has 4 heteroatoms. The van der Waals surface area contributed by atoms with Crippen molar-refractivity contribution in [2.45, 2.75) is 0 Å². The van der Waals surface area contributed by atoms with Crippen LogP contribution in [0.25, 0.3) is 10.2 Å². The molecular weight excluding hydrogens is 226 g/mol. The van der Waals surface area contributed by atoms with Crippen LogP contribution < -0.4 is 4.87 Å². The maximum atomic E-state index is 10.8. The number of fused-ring (bicyclic) bond motifs is 1. The number of thiazole rings is 1. The Labute approximate surface area is 77.6 Å². The maximum absolute atomic E-state index is 10.8. The molecule has 0 spiro atoms. The van der Waals surface area contributed by atoms with E-state index in [9.17, 15) is 4.79 Å². The first-order chi connectivity index (χ1) is 4.86. The smallest absolute Gasteiger partial charge is 0.305 e. The topological polar surface area (TPSA) is 32.9 Å². The van der Waals surface area contributed by atoms with E-state index in [1.165, 1.54) is 11.3 Å².